The van der Waals surface area contributed by atoms with Crippen molar-refractivity contribution >= 4 is 22.5 Å². The third-order valence-corrected chi connectivity index (χ3v) is 5.23. The second-order valence-electron chi connectivity index (χ2n) is 6.12. The lowest BCUT2D eigenvalue weighted by atomic mass is 9.74. The van der Waals surface area contributed by atoms with Crippen LogP contribution >= 0.6 is 0 Å². The number of rotatable bonds is 3. The molecule has 1 aromatic carbocycles. The van der Waals surface area contributed by atoms with Crippen LogP contribution in [0.1, 0.15) is 39.5 Å². The van der Waals surface area contributed by atoms with Crippen molar-refractivity contribution in [2.24, 2.45) is 5.41 Å². The molecule has 1 aromatic heterocycles. The third-order valence-electron chi connectivity index (χ3n) is 5.23. The van der Waals surface area contributed by atoms with Gasteiger partial charge in [-0.3, -0.25) is 4.98 Å². The number of oxazole rings is 1. The maximum Gasteiger partial charge on any atom is 0.417 e. The summed E-state index contributed by atoms with van der Waals surface area (Å²) in [4.78, 5) is 16.3. The lowest BCUT2D eigenvalue weighted by Crippen LogP contribution is -2.39. The van der Waals surface area contributed by atoms with E-state index in [1.807, 2.05) is 6.07 Å². The van der Waals surface area contributed by atoms with Gasteiger partial charge >= 0.3 is 5.76 Å². The highest BCUT2D eigenvalue weighted by Gasteiger charge is 2.31. The molecule has 0 spiro atoms. The van der Waals surface area contributed by atoms with Gasteiger partial charge in [-0.2, -0.15) is 0 Å². The SMILES string of the molecule is CCC1(CC)CCN(c2cc3[nH]c(=O)oc3cc2N)CC1. The van der Waals surface area contributed by atoms with E-state index in [4.69, 9.17) is 10.2 Å². The molecular weight excluding hydrogens is 266 g/mol. The quantitative estimate of drug-likeness (QED) is 0.851. The molecule has 0 radical (unpaired) electrons. The number of anilines is 2. The molecule has 2 aromatic rings. The molecule has 0 unspecified atom stereocenters. The number of piperidine rings is 1. The molecule has 21 heavy (non-hydrogen) atoms. The Balaban J connectivity index is 1.88. The molecule has 3 N–H and O–H groups in total. The molecule has 1 fully saturated rings. The zero-order chi connectivity index (χ0) is 15.0. The topological polar surface area (TPSA) is 75.3 Å². The van der Waals surface area contributed by atoms with Crippen LogP contribution in [-0.4, -0.2) is 18.1 Å². The van der Waals surface area contributed by atoms with Crippen LogP contribution in [0.2, 0.25) is 0 Å². The molecule has 0 bridgehead atoms. The monoisotopic (exact) mass is 289 g/mol. The molecule has 5 nitrogen and oxygen atoms in total. The Kier molecular flexibility index (Phi) is 3.43. The fraction of sp³-hybridized carbons (Fsp3) is 0.562. The number of hydrogen-bond acceptors (Lipinski definition) is 4. The van der Waals surface area contributed by atoms with Crippen molar-refractivity contribution in [3.63, 3.8) is 0 Å². The molecule has 114 valence electrons. The van der Waals surface area contributed by atoms with Gasteiger partial charge in [0.2, 0.25) is 0 Å². The van der Waals surface area contributed by atoms with Gasteiger partial charge in [0.15, 0.2) is 5.58 Å². The van der Waals surface area contributed by atoms with Crippen molar-refractivity contribution < 1.29 is 4.42 Å². The number of nitrogens with zero attached hydrogens (tertiary/aromatic N) is 1. The first-order chi connectivity index (χ1) is 10.1. The highest BCUT2D eigenvalue weighted by Crippen LogP contribution is 2.40. The smallest absolute Gasteiger partial charge is 0.408 e. The van der Waals surface area contributed by atoms with Crippen LogP contribution < -0.4 is 16.4 Å². The van der Waals surface area contributed by atoms with Gasteiger partial charge in [0, 0.05) is 19.2 Å². The van der Waals surface area contributed by atoms with E-state index < -0.39 is 5.76 Å². The first-order valence-corrected chi connectivity index (χ1v) is 7.74. The average Bonchev–Trinajstić information content (AvgIpc) is 2.85. The van der Waals surface area contributed by atoms with E-state index in [2.05, 4.69) is 23.7 Å². The van der Waals surface area contributed by atoms with Crippen LogP contribution in [0.15, 0.2) is 21.3 Å². The summed E-state index contributed by atoms with van der Waals surface area (Å²) in [6.45, 7) is 6.60. The lowest BCUT2D eigenvalue weighted by Gasteiger charge is -2.42. The number of nitrogen functional groups attached to an aromatic ring is 1. The highest BCUT2D eigenvalue weighted by molar-refractivity contribution is 5.85. The Morgan fingerprint density at radius 1 is 1.29 bits per heavy atom. The summed E-state index contributed by atoms with van der Waals surface area (Å²) < 4.78 is 5.05. The number of fused-ring (bicyclic) bond motifs is 1. The normalized spacial score (nSPS) is 18.3. The number of aromatic nitrogens is 1. The standard InChI is InChI=1S/C16H23N3O2/c1-3-16(4-2)5-7-19(8-6-16)13-10-12-14(9-11(13)17)21-15(20)18-12/h9-10H,3-8,17H2,1-2H3,(H,18,20). The van der Waals surface area contributed by atoms with Gasteiger partial charge < -0.3 is 15.1 Å². The summed E-state index contributed by atoms with van der Waals surface area (Å²) >= 11 is 0. The van der Waals surface area contributed by atoms with Crippen molar-refractivity contribution in [1.82, 2.24) is 4.98 Å². The van der Waals surface area contributed by atoms with E-state index in [9.17, 15) is 4.79 Å². The summed E-state index contributed by atoms with van der Waals surface area (Å²) in [5.41, 5.74) is 9.54. The molecule has 0 saturated carbocycles. The minimum atomic E-state index is -0.434. The van der Waals surface area contributed by atoms with Crippen LogP contribution in [0.4, 0.5) is 11.4 Å². The first-order valence-electron chi connectivity index (χ1n) is 7.74. The summed E-state index contributed by atoms with van der Waals surface area (Å²) in [5.74, 6) is -0.434. The largest absolute Gasteiger partial charge is 0.417 e. The Morgan fingerprint density at radius 3 is 2.57 bits per heavy atom. The van der Waals surface area contributed by atoms with E-state index in [1.54, 1.807) is 6.07 Å². The molecule has 1 saturated heterocycles. The highest BCUT2D eigenvalue weighted by atomic mass is 16.4. The van der Waals surface area contributed by atoms with Crippen molar-refractivity contribution in [3.05, 3.63) is 22.7 Å². The summed E-state index contributed by atoms with van der Waals surface area (Å²) in [6.07, 6.45) is 4.86. The summed E-state index contributed by atoms with van der Waals surface area (Å²) in [5, 5.41) is 0. The molecule has 0 aliphatic carbocycles. The van der Waals surface area contributed by atoms with Crippen LogP contribution in [0.5, 0.6) is 0 Å². The maximum absolute atomic E-state index is 11.3. The van der Waals surface area contributed by atoms with Gasteiger partial charge in [0.25, 0.3) is 0 Å². The summed E-state index contributed by atoms with van der Waals surface area (Å²) in [6, 6.07) is 3.67. The number of nitrogens with two attached hydrogens (primary N) is 1. The van der Waals surface area contributed by atoms with Gasteiger partial charge in [-0.1, -0.05) is 26.7 Å². The fourth-order valence-electron chi connectivity index (χ4n) is 3.45. The number of benzene rings is 1. The lowest BCUT2D eigenvalue weighted by molar-refractivity contribution is 0.199. The zero-order valence-electron chi connectivity index (χ0n) is 12.7. The number of nitrogens with one attached hydrogen (secondary N) is 1. The van der Waals surface area contributed by atoms with Crippen molar-refractivity contribution in [2.75, 3.05) is 23.7 Å². The second-order valence-corrected chi connectivity index (χ2v) is 6.12. The van der Waals surface area contributed by atoms with E-state index in [1.165, 1.54) is 25.7 Å². The van der Waals surface area contributed by atoms with Crippen molar-refractivity contribution in [3.8, 4) is 0 Å². The minimum absolute atomic E-state index is 0.434. The Hall–Kier alpha value is -1.91. The van der Waals surface area contributed by atoms with E-state index in [0.717, 1.165) is 18.8 Å². The molecular formula is C16H23N3O2. The molecule has 5 heteroatoms. The van der Waals surface area contributed by atoms with E-state index in [0.29, 0.717) is 22.2 Å². The van der Waals surface area contributed by atoms with E-state index >= 15 is 0 Å². The van der Waals surface area contributed by atoms with Crippen LogP contribution in [-0.2, 0) is 0 Å². The van der Waals surface area contributed by atoms with Gasteiger partial charge in [0.05, 0.1) is 16.9 Å². The van der Waals surface area contributed by atoms with Crippen molar-refractivity contribution in [1.29, 1.82) is 0 Å². The van der Waals surface area contributed by atoms with E-state index in [-0.39, 0.29) is 0 Å². The molecule has 1 aliphatic heterocycles. The van der Waals surface area contributed by atoms with Gasteiger partial charge in [-0.15, -0.1) is 0 Å². The second kappa shape index (κ2) is 5.13. The maximum atomic E-state index is 11.3. The van der Waals surface area contributed by atoms with Crippen LogP contribution in [0.25, 0.3) is 11.1 Å². The van der Waals surface area contributed by atoms with Gasteiger partial charge in [-0.25, -0.2) is 4.79 Å². The average molecular weight is 289 g/mol. The number of hydrogen-bond donors (Lipinski definition) is 2. The molecule has 0 amide bonds. The van der Waals surface area contributed by atoms with Crippen molar-refractivity contribution in [2.45, 2.75) is 39.5 Å². The zero-order valence-corrected chi connectivity index (χ0v) is 12.7. The van der Waals surface area contributed by atoms with Gasteiger partial charge in [0.1, 0.15) is 0 Å². The Bertz CT molecular complexity index is 687. The Morgan fingerprint density at radius 2 is 1.95 bits per heavy atom. The molecule has 3 rings (SSSR count). The third kappa shape index (κ3) is 2.41. The predicted octanol–water partition coefficient (Wildman–Crippen LogP) is 3.11. The van der Waals surface area contributed by atoms with Crippen LogP contribution in [0, 0.1) is 5.41 Å². The predicted molar refractivity (Wildman–Crippen MR) is 85.7 cm³/mol. The molecule has 1 aliphatic rings. The first kappa shape index (κ1) is 14.0. The number of aromatic amines is 1. The van der Waals surface area contributed by atoms with Gasteiger partial charge in [-0.05, 0) is 24.3 Å². The number of H-pyrrole nitrogens is 1. The fourth-order valence-corrected chi connectivity index (χ4v) is 3.45. The summed E-state index contributed by atoms with van der Waals surface area (Å²) in [7, 11) is 0. The Labute approximate surface area is 124 Å². The molecule has 0 atom stereocenters. The van der Waals surface area contributed by atoms with Crippen LogP contribution in [0.3, 0.4) is 0 Å². The minimum Gasteiger partial charge on any atom is -0.408 e. The molecule has 2 heterocycles.